The molecule has 0 saturated carbocycles. The lowest BCUT2D eigenvalue weighted by atomic mass is 10.1. The Balaban J connectivity index is 1.89. The van der Waals surface area contributed by atoms with Crippen molar-refractivity contribution in [1.29, 1.82) is 0 Å². The molecule has 0 saturated heterocycles. The zero-order valence-corrected chi connectivity index (χ0v) is 19.3. The quantitative estimate of drug-likeness (QED) is 0.419. The molecule has 33 heavy (non-hydrogen) atoms. The third-order valence-electron chi connectivity index (χ3n) is 4.84. The molecule has 172 valence electrons. The highest BCUT2D eigenvalue weighted by atomic mass is 35.5. The lowest BCUT2D eigenvalue weighted by Gasteiger charge is -2.17. The molecule has 0 radical (unpaired) electrons. The first-order valence-electron chi connectivity index (χ1n) is 10.0. The van der Waals surface area contributed by atoms with Gasteiger partial charge in [-0.25, -0.2) is 4.79 Å². The van der Waals surface area contributed by atoms with Gasteiger partial charge in [0.25, 0.3) is 0 Å². The Bertz CT molecular complexity index is 1130. The van der Waals surface area contributed by atoms with E-state index >= 15 is 0 Å². The Morgan fingerprint density at radius 1 is 0.848 bits per heavy atom. The summed E-state index contributed by atoms with van der Waals surface area (Å²) in [5, 5.41) is 9.59. The Hall–Kier alpha value is -3.71. The monoisotopic (exact) mass is 469 g/mol. The highest BCUT2D eigenvalue weighted by Crippen LogP contribution is 2.39. The van der Waals surface area contributed by atoms with Gasteiger partial charge in [0.1, 0.15) is 24.7 Å². The molecule has 0 aliphatic rings. The summed E-state index contributed by atoms with van der Waals surface area (Å²) in [5.41, 5.74) is 1.86. The number of nitrogens with zero attached hydrogens (tertiary/aromatic N) is 1. The van der Waals surface area contributed by atoms with Gasteiger partial charge in [0.05, 0.1) is 19.2 Å². The van der Waals surface area contributed by atoms with Gasteiger partial charge in [-0.2, -0.15) is 0 Å². The van der Waals surface area contributed by atoms with E-state index in [9.17, 15) is 9.90 Å². The van der Waals surface area contributed by atoms with Crippen molar-refractivity contribution >= 4 is 23.3 Å². The zero-order valence-electron chi connectivity index (χ0n) is 18.5. The number of ether oxygens (including phenoxy) is 4. The fourth-order valence-corrected chi connectivity index (χ4v) is 3.36. The van der Waals surface area contributed by atoms with E-state index in [2.05, 4.69) is 4.99 Å². The highest BCUT2D eigenvalue weighted by Gasteiger charge is 2.22. The van der Waals surface area contributed by atoms with Crippen molar-refractivity contribution in [2.75, 3.05) is 21.3 Å². The van der Waals surface area contributed by atoms with Crippen LogP contribution in [0.25, 0.3) is 0 Å². The third-order valence-corrected chi connectivity index (χ3v) is 5.21. The first-order chi connectivity index (χ1) is 16.0. The SMILES string of the molecule is CN=C(C(=O)O)c1ccc(OCc2ccc(OC)cc2)c(OCc2ccc(OC)cc2)c1Cl. The standard InChI is InChI=1S/C25H24ClNO6/c1-27-23(25(28)29)20-12-13-21(32-14-16-4-8-18(30-2)9-5-16)24(22(20)26)33-15-17-6-10-19(31-3)11-7-17/h4-13H,14-15H2,1-3H3,(H,28,29). The molecule has 0 aliphatic carbocycles. The average molecular weight is 470 g/mol. The van der Waals surface area contributed by atoms with Crippen LogP contribution in [0.1, 0.15) is 16.7 Å². The lowest BCUT2D eigenvalue weighted by Crippen LogP contribution is -2.15. The Labute approximate surface area is 197 Å². The first-order valence-corrected chi connectivity index (χ1v) is 10.4. The molecule has 7 nitrogen and oxygen atoms in total. The molecule has 0 aromatic heterocycles. The predicted octanol–water partition coefficient (Wildman–Crippen LogP) is 5.02. The molecule has 0 heterocycles. The van der Waals surface area contributed by atoms with Gasteiger partial charge in [0, 0.05) is 12.6 Å². The van der Waals surface area contributed by atoms with Crippen molar-refractivity contribution in [2.45, 2.75) is 13.2 Å². The van der Waals surface area contributed by atoms with Crippen molar-refractivity contribution < 1.29 is 28.8 Å². The number of halogens is 1. The number of rotatable bonds is 10. The van der Waals surface area contributed by atoms with Gasteiger partial charge < -0.3 is 24.1 Å². The van der Waals surface area contributed by atoms with Crippen LogP contribution < -0.4 is 18.9 Å². The molecule has 3 rings (SSSR count). The van der Waals surface area contributed by atoms with Crippen LogP contribution in [0.3, 0.4) is 0 Å². The largest absolute Gasteiger partial charge is 0.497 e. The van der Waals surface area contributed by atoms with Gasteiger partial charge >= 0.3 is 5.97 Å². The summed E-state index contributed by atoms with van der Waals surface area (Å²) >= 11 is 6.58. The minimum absolute atomic E-state index is 0.110. The number of hydrogen-bond donors (Lipinski definition) is 1. The number of carboxylic acids is 1. The molecule has 0 spiro atoms. The van der Waals surface area contributed by atoms with E-state index in [1.807, 2.05) is 48.5 Å². The van der Waals surface area contributed by atoms with E-state index in [0.29, 0.717) is 5.75 Å². The van der Waals surface area contributed by atoms with E-state index in [0.717, 1.165) is 22.6 Å². The van der Waals surface area contributed by atoms with Crippen LogP contribution in [0.4, 0.5) is 0 Å². The number of hydrogen-bond acceptors (Lipinski definition) is 6. The van der Waals surface area contributed by atoms with Crippen LogP contribution >= 0.6 is 11.6 Å². The maximum absolute atomic E-state index is 11.6. The summed E-state index contributed by atoms with van der Waals surface area (Å²) < 4.78 is 22.3. The molecule has 3 aromatic rings. The Kier molecular flexibility index (Phi) is 8.16. The van der Waals surface area contributed by atoms with Crippen LogP contribution in [0.5, 0.6) is 23.0 Å². The average Bonchev–Trinajstić information content (AvgIpc) is 2.84. The topological polar surface area (TPSA) is 86.6 Å². The number of carboxylic acid groups (broad SMARTS) is 1. The number of benzene rings is 3. The summed E-state index contributed by atoms with van der Waals surface area (Å²) in [7, 11) is 4.59. The predicted molar refractivity (Wildman–Crippen MR) is 126 cm³/mol. The summed E-state index contributed by atoms with van der Waals surface area (Å²) in [6.45, 7) is 0.448. The van der Waals surface area contributed by atoms with Crippen molar-refractivity contribution in [3.05, 3.63) is 82.4 Å². The van der Waals surface area contributed by atoms with Gasteiger partial charge in [-0.05, 0) is 47.5 Å². The van der Waals surface area contributed by atoms with Crippen molar-refractivity contribution in [3.8, 4) is 23.0 Å². The molecular formula is C25H24ClNO6. The van der Waals surface area contributed by atoms with E-state index in [4.69, 9.17) is 30.5 Å². The fraction of sp³-hybridized carbons (Fsp3) is 0.200. The number of methoxy groups -OCH3 is 2. The normalized spacial score (nSPS) is 11.1. The van der Waals surface area contributed by atoms with Crippen LogP contribution in [-0.2, 0) is 18.0 Å². The maximum atomic E-state index is 11.6. The highest BCUT2D eigenvalue weighted by molar-refractivity contribution is 6.47. The Morgan fingerprint density at radius 2 is 1.36 bits per heavy atom. The molecule has 0 bridgehead atoms. The Morgan fingerprint density at radius 3 is 1.82 bits per heavy atom. The minimum Gasteiger partial charge on any atom is -0.497 e. The fourth-order valence-electron chi connectivity index (χ4n) is 3.06. The third kappa shape index (κ3) is 5.96. The summed E-state index contributed by atoms with van der Waals surface area (Å²) in [6, 6.07) is 18.0. The lowest BCUT2D eigenvalue weighted by molar-refractivity contribution is -0.129. The second-order valence-corrected chi connectivity index (χ2v) is 7.28. The van der Waals surface area contributed by atoms with Gasteiger partial charge in [0.2, 0.25) is 0 Å². The van der Waals surface area contributed by atoms with Crippen LogP contribution in [0, 0.1) is 0 Å². The van der Waals surface area contributed by atoms with Crippen LogP contribution in [0.2, 0.25) is 5.02 Å². The molecule has 0 amide bonds. The van der Waals surface area contributed by atoms with Crippen molar-refractivity contribution in [1.82, 2.24) is 0 Å². The molecule has 3 aromatic carbocycles. The van der Waals surface area contributed by atoms with Gasteiger partial charge in [0.15, 0.2) is 17.2 Å². The molecule has 0 aliphatic heterocycles. The van der Waals surface area contributed by atoms with E-state index in [-0.39, 0.29) is 35.3 Å². The van der Waals surface area contributed by atoms with Crippen molar-refractivity contribution in [3.63, 3.8) is 0 Å². The summed E-state index contributed by atoms with van der Waals surface area (Å²) in [4.78, 5) is 15.4. The molecule has 0 atom stereocenters. The molecule has 1 N–H and O–H groups in total. The second-order valence-electron chi connectivity index (χ2n) is 6.91. The molecule has 0 fully saturated rings. The van der Waals surface area contributed by atoms with Crippen LogP contribution in [-0.4, -0.2) is 38.1 Å². The number of aliphatic imine (C=N–C) groups is 1. The number of carbonyl (C=O) groups is 1. The van der Waals surface area contributed by atoms with E-state index in [1.54, 1.807) is 26.4 Å². The zero-order chi connectivity index (χ0) is 23.8. The first kappa shape index (κ1) is 23.9. The number of aliphatic carboxylic acids is 1. The molecular weight excluding hydrogens is 446 g/mol. The second kappa shape index (κ2) is 11.2. The van der Waals surface area contributed by atoms with Gasteiger partial charge in [-0.1, -0.05) is 35.9 Å². The van der Waals surface area contributed by atoms with E-state index in [1.165, 1.54) is 7.05 Å². The summed E-state index contributed by atoms with van der Waals surface area (Å²) in [6.07, 6.45) is 0. The minimum atomic E-state index is -1.19. The summed E-state index contributed by atoms with van der Waals surface area (Å²) in [5.74, 6) is 0.907. The maximum Gasteiger partial charge on any atom is 0.354 e. The smallest absolute Gasteiger partial charge is 0.354 e. The molecule has 0 unspecified atom stereocenters. The van der Waals surface area contributed by atoms with Gasteiger partial charge in [-0.3, -0.25) is 4.99 Å². The van der Waals surface area contributed by atoms with Gasteiger partial charge in [-0.15, -0.1) is 0 Å². The molecule has 8 heteroatoms. The van der Waals surface area contributed by atoms with Crippen LogP contribution in [0.15, 0.2) is 65.7 Å². The van der Waals surface area contributed by atoms with E-state index < -0.39 is 5.97 Å². The van der Waals surface area contributed by atoms with Crippen molar-refractivity contribution in [2.24, 2.45) is 4.99 Å².